The lowest BCUT2D eigenvalue weighted by Crippen LogP contribution is -2.28. The van der Waals surface area contributed by atoms with E-state index < -0.39 is 11.6 Å². The van der Waals surface area contributed by atoms with E-state index in [0.717, 1.165) is 35.3 Å². The van der Waals surface area contributed by atoms with Gasteiger partial charge in [0.25, 0.3) is 0 Å². The van der Waals surface area contributed by atoms with Crippen LogP contribution in [0.1, 0.15) is 18.1 Å². The van der Waals surface area contributed by atoms with Crippen LogP contribution in [-0.2, 0) is 0 Å². The van der Waals surface area contributed by atoms with Crippen LogP contribution in [0.5, 0.6) is 0 Å². The van der Waals surface area contributed by atoms with Crippen molar-refractivity contribution in [3.63, 3.8) is 0 Å². The van der Waals surface area contributed by atoms with Gasteiger partial charge in [-0.05, 0) is 24.6 Å². The Kier molecular flexibility index (Phi) is 3.90. The molecule has 6 heteroatoms. The molecule has 0 unspecified atom stereocenters. The molecule has 1 aromatic heterocycles. The number of nitrogens with two attached hydrogens (primary N) is 1. The fourth-order valence-electron chi connectivity index (χ4n) is 2.76. The average molecular weight is 316 g/mol. The second-order valence-electron chi connectivity index (χ2n) is 5.42. The van der Waals surface area contributed by atoms with Gasteiger partial charge in [-0.15, -0.1) is 0 Å². The summed E-state index contributed by atoms with van der Waals surface area (Å²) < 4.78 is 27.5. The first-order chi connectivity index (χ1) is 11.0. The van der Waals surface area contributed by atoms with Crippen molar-refractivity contribution in [3.05, 3.63) is 47.2 Å². The summed E-state index contributed by atoms with van der Waals surface area (Å²) in [6.45, 7) is 3.32. The van der Waals surface area contributed by atoms with Gasteiger partial charge in [0.15, 0.2) is 0 Å². The number of halogens is 2. The summed E-state index contributed by atoms with van der Waals surface area (Å²) in [5.74, 6) is -0.575. The molecule has 120 valence electrons. The second-order valence-corrected chi connectivity index (χ2v) is 5.42. The first-order valence-electron chi connectivity index (χ1n) is 7.41. The molecule has 0 saturated carbocycles. The predicted molar refractivity (Wildman–Crippen MR) is 90.3 cm³/mol. The van der Waals surface area contributed by atoms with Gasteiger partial charge >= 0.3 is 0 Å². The van der Waals surface area contributed by atoms with Crippen molar-refractivity contribution < 1.29 is 8.78 Å². The van der Waals surface area contributed by atoms with Gasteiger partial charge in [-0.2, -0.15) is 0 Å². The van der Waals surface area contributed by atoms with Crippen LogP contribution in [0.3, 0.4) is 0 Å². The third-order valence-corrected chi connectivity index (χ3v) is 4.01. The van der Waals surface area contributed by atoms with Crippen LogP contribution in [0.4, 0.5) is 26.0 Å². The monoisotopic (exact) mass is 316 g/mol. The van der Waals surface area contributed by atoms with E-state index in [2.05, 4.69) is 15.2 Å². The van der Waals surface area contributed by atoms with Crippen molar-refractivity contribution in [3.8, 4) is 0 Å². The Morgan fingerprint density at radius 3 is 2.74 bits per heavy atom. The first kappa shape index (κ1) is 15.3. The SMILES string of the molecule is CCN1CC(c2cc(N)c(F)cc2F)=Cc2cnc(NC)cc21. The quantitative estimate of drug-likeness (QED) is 0.853. The van der Waals surface area contributed by atoms with Crippen molar-refractivity contribution in [1.82, 2.24) is 4.98 Å². The smallest absolute Gasteiger partial charge is 0.149 e. The molecular formula is C17H18F2N4. The Morgan fingerprint density at radius 2 is 2.04 bits per heavy atom. The van der Waals surface area contributed by atoms with E-state index in [1.165, 1.54) is 6.07 Å². The molecule has 0 fully saturated rings. The van der Waals surface area contributed by atoms with E-state index in [1.807, 2.05) is 26.1 Å². The van der Waals surface area contributed by atoms with Gasteiger partial charge in [-0.25, -0.2) is 13.8 Å². The van der Waals surface area contributed by atoms with Crippen LogP contribution in [0.25, 0.3) is 11.6 Å². The number of nitrogens with one attached hydrogen (secondary N) is 1. The minimum atomic E-state index is -0.740. The number of aromatic nitrogens is 1. The van der Waals surface area contributed by atoms with E-state index in [4.69, 9.17) is 5.73 Å². The number of fused-ring (bicyclic) bond motifs is 1. The highest BCUT2D eigenvalue weighted by Gasteiger charge is 2.21. The summed E-state index contributed by atoms with van der Waals surface area (Å²) in [5.41, 5.74) is 8.55. The highest BCUT2D eigenvalue weighted by Crippen LogP contribution is 2.35. The molecule has 3 N–H and O–H groups in total. The Bertz CT molecular complexity index is 786. The Morgan fingerprint density at radius 1 is 1.26 bits per heavy atom. The van der Waals surface area contributed by atoms with Gasteiger partial charge < -0.3 is 16.0 Å². The summed E-state index contributed by atoms with van der Waals surface area (Å²) in [7, 11) is 1.81. The molecule has 1 aliphatic rings. The first-order valence-corrected chi connectivity index (χ1v) is 7.41. The number of rotatable bonds is 3. The summed E-state index contributed by atoms with van der Waals surface area (Å²) in [6.07, 6.45) is 3.62. The molecule has 0 bridgehead atoms. The van der Waals surface area contributed by atoms with Crippen molar-refractivity contribution in [2.45, 2.75) is 6.92 Å². The maximum atomic E-state index is 14.2. The Labute approximate surface area is 133 Å². The minimum Gasteiger partial charge on any atom is -0.396 e. The number of pyridine rings is 1. The topological polar surface area (TPSA) is 54.2 Å². The van der Waals surface area contributed by atoms with E-state index in [1.54, 1.807) is 6.20 Å². The van der Waals surface area contributed by atoms with E-state index in [-0.39, 0.29) is 5.69 Å². The molecule has 0 amide bonds. The Hall–Kier alpha value is -2.63. The summed E-state index contributed by atoms with van der Waals surface area (Å²) in [5, 5.41) is 3.01. The van der Waals surface area contributed by atoms with Crippen LogP contribution in [0, 0.1) is 11.6 Å². The maximum Gasteiger partial charge on any atom is 0.149 e. The highest BCUT2D eigenvalue weighted by molar-refractivity contribution is 5.92. The minimum absolute atomic E-state index is 0.0557. The normalized spacial score (nSPS) is 13.6. The van der Waals surface area contributed by atoms with Crippen molar-refractivity contribution in [1.29, 1.82) is 0 Å². The van der Waals surface area contributed by atoms with Gasteiger partial charge in [0.05, 0.1) is 5.69 Å². The van der Waals surface area contributed by atoms with Crippen LogP contribution >= 0.6 is 0 Å². The van der Waals surface area contributed by atoms with E-state index >= 15 is 0 Å². The number of benzene rings is 1. The number of anilines is 3. The fraction of sp³-hybridized carbons (Fsp3) is 0.235. The van der Waals surface area contributed by atoms with Gasteiger partial charge in [0.1, 0.15) is 17.5 Å². The lowest BCUT2D eigenvalue weighted by molar-refractivity contribution is 0.583. The molecule has 0 aliphatic carbocycles. The van der Waals surface area contributed by atoms with Crippen LogP contribution < -0.4 is 16.0 Å². The molecule has 1 aromatic carbocycles. The van der Waals surface area contributed by atoms with Gasteiger partial charge in [0, 0.05) is 55.3 Å². The zero-order valence-corrected chi connectivity index (χ0v) is 13.0. The third kappa shape index (κ3) is 2.72. The van der Waals surface area contributed by atoms with Gasteiger partial charge in [-0.3, -0.25) is 0 Å². The number of hydrogen-bond donors (Lipinski definition) is 2. The zero-order valence-electron chi connectivity index (χ0n) is 13.0. The number of nitrogen functional groups attached to an aromatic ring is 1. The average Bonchev–Trinajstić information content (AvgIpc) is 2.56. The molecule has 0 saturated heterocycles. The largest absolute Gasteiger partial charge is 0.396 e. The lowest BCUT2D eigenvalue weighted by Gasteiger charge is -2.31. The zero-order chi connectivity index (χ0) is 16.6. The van der Waals surface area contributed by atoms with E-state index in [0.29, 0.717) is 12.1 Å². The molecule has 2 aromatic rings. The molecule has 3 rings (SSSR count). The molecule has 2 heterocycles. The number of hydrogen-bond acceptors (Lipinski definition) is 4. The molecule has 0 radical (unpaired) electrons. The molecule has 23 heavy (non-hydrogen) atoms. The predicted octanol–water partition coefficient (Wildman–Crippen LogP) is 3.36. The van der Waals surface area contributed by atoms with Crippen LogP contribution in [-0.4, -0.2) is 25.1 Å². The molecule has 0 atom stereocenters. The van der Waals surface area contributed by atoms with Crippen LogP contribution in [0.15, 0.2) is 24.4 Å². The second kappa shape index (κ2) is 5.87. The maximum absolute atomic E-state index is 14.2. The highest BCUT2D eigenvalue weighted by atomic mass is 19.1. The summed E-state index contributed by atoms with van der Waals surface area (Å²) in [6, 6.07) is 4.14. The van der Waals surface area contributed by atoms with Crippen molar-refractivity contribution in [2.24, 2.45) is 0 Å². The van der Waals surface area contributed by atoms with E-state index in [9.17, 15) is 8.78 Å². The standard InChI is InChI=1S/C17H18F2N4/c1-3-23-9-11(12-5-15(20)14(19)6-13(12)18)4-10-8-22-17(21-2)7-16(10)23/h4-8H,3,9,20H2,1-2H3,(H,21,22). The Balaban J connectivity index is 2.11. The molecule has 4 nitrogen and oxygen atoms in total. The molecular weight excluding hydrogens is 298 g/mol. The number of likely N-dealkylation sites (N-methyl/N-ethyl adjacent to an activating group) is 1. The molecule has 1 aliphatic heterocycles. The number of nitrogens with zero attached hydrogens (tertiary/aromatic N) is 2. The van der Waals surface area contributed by atoms with Crippen molar-refractivity contribution in [2.75, 3.05) is 36.1 Å². The third-order valence-electron chi connectivity index (χ3n) is 4.01. The summed E-state index contributed by atoms with van der Waals surface area (Å²) >= 11 is 0. The fourth-order valence-corrected chi connectivity index (χ4v) is 2.76. The van der Waals surface area contributed by atoms with Gasteiger partial charge in [-0.1, -0.05) is 0 Å². The molecule has 0 spiro atoms. The summed E-state index contributed by atoms with van der Waals surface area (Å²) in [4.78, 5) is 6.42. The van der Waals surface area contributed by atoms with Crippen LogP contribution in [0.2, 0.25) is 0 Å². The van der Waals surface area contributed by atoms with Gasteiger partial charge in [0.2, 0.25) is 0 Å². The lowest BCUT2D eigenvalue weighted by atomic mass is 9.97. The van der Waals surface area contributed by atoms with Crippen molar-refractivity contribution >= 4 is 28.8 Å².